The lowest BCUT2D eigenvalue weighted by Crippen LogP contribution is -2.24. The Labute approximate surface area is 181 Å². The number of halogens is 3. The van der Waals surface area contributed by atoms with Crippen LogP contribution in [0.15, 0.2) is 53.7 Å². The van der Waals surface area contributed by atoms with Crippen LogP contribution in [0.2, 0.25) is 0 Å². The molecule has 2 aromatic carbocycles. The predicted molar refractivity (Wildman–Crippen MR) is 112 cm³/mol. The lowest BCUT2D eigenvalue weighted by atomic mass is 10.2. The Morgan fingerprint density at radius 3 is 2.48 bits per heavy atom. The van der Waals surface area contributed by atoms with Gasteiger partial charge < -0.3 is 10.1 Å². The number of ether oxygens (including phenoxy) is 1. The van der Waals surface area contributed by atoms with Crippen molar-refractivity contribution in [2.45, 2.75) is 37.0 Å². The minimum Gasteiger partial charge on any atom is -0.497 e. The maximum atomic E-state index is 13.2. The van der Waals surface area contributed by atoms with Gasteiger partial charge in [0.1, 0.15) is 5.75 Å². The first-order valence-electron chi connectivity index (χ1n) is 9.40. The molecule has 1 amide bonds. The summed E-state index contributed by atoms with van der Waals surface area (Å²) in [5.74, 6) is 0.597. The highest BCUT2D eigenvalue weighted by Crippen LogP contribution is 2.32. The molecule has 3 rings (SSSR count). The normalized spacial score (nSPS) is 11.6. The number of nitrogens with one attached hydrogen (secondary N) is 1. The number of carbonyl (C=O) groups excluding carboxylic acids is 1. The van der Waals surface area contributed by atoms with Crippen molar-refractivity contribution in [1.82, 2.24) is 20.1 Å². The molecule has 0 radical (unpaired) electrons. The van der Waals surface area contributed by atoms with Crippen molar-refractivity contribution in [3.8, 4) is 11.4 Å². The largest absolute Gasteiger partial charge is 0.497 e. The van der Waals surface area contributed by atoms with Crippen molar-refractivity contribution < 1.29 is 22.7 Å². The summed E-state index contributed by atoms with van der Waals surface area (Å²) < 4.78 is 46.2. The first-order valence-corrected chi connectivity index (χ1v) is 10.3. The fraction of sp³-hybridized carbons (Fsp3) is 0.286. The zero-order valence-electron chi connectivity index (χ0n) is 17.1. The van der Waals surface area contributed by atoms with E-state index in [4.69, 9.17) is 4.74 Å². The fourth-order valence-electron chi connectivity index (χ4n) is 2.79. The van der Waals surface area contributed by atoms with E-state index in [-0.39, 0.29) is 23.4 Å². The van der Waals surface area contributed by atoms with Gasteiger partial charge >= 0.3 is 6.18 Å². The zero-order valence-corrected chi connectivity index (χ0v) is 17.9. The second-order valence-electron chi connectivity index (χ2n) is 6.86. The first kappa shape index (κ1) is 22.7. The van der Waals surface area contributed by atoms with Crippen LogP contribution in [-0.4, -0.2) is 33.0 Å². The average Bonchev–Trinajstić information content (AvgIpc) is 3.13. The van der Waals surface area contributed by atoms with Crippen LogP contribution in [0, 0.1) is 0 Å². The smallest absolute Gasteiger partial charge is 0.416 e. The Balaban J connectivity index is 1.89. The van der Waals surface area contributed by atoms with Crippen LogP contribution in [0.25, 0.3) is 5.69 Å². The number of benzene rings is 2. The van der Waals surface area contributed by atoms with Gasteiger partial charge in [-0.1, -0.05) is 31.7 Å². The number of carbonyl (C=O) groups is 1. The summed E-state index contributed by atoms with van der Waals surface area (Å²) in [7, 11) is 1.53. The highest BCUT2D eigenvalue weighted by atomic mass is 32.2. The van der Waals surface area contributed by atoms with E-state index < -0.39 is 11.7 Å². The summed E-state index contributed by atoms with van der Waals surface area (Å²) in [6, 6.07) is 11.5. The van der Waals surface area contributed by atoms with Crippen molar-refractivity contribution in [3.05, 3.63) is 65.5 Å². The summed E-state index contributed by atoms with van der Waals surface area (Å²) in [5.41, 5.74) is -0.0770. The van der Waals surface area contributed by atoms with Gasteiger partial charge in [-0.15, -0.1) is 10.2 Å². The topological polar surface area (TPSA) is 69.0 Å². The number of hydrogen-bond acceptors (Lipinski definition) is 5. The molecule has 1 aromatic heterocycles. The second kappa shape index (κ2) is 9.42. The van der Waals surface area contributed by atoms with E-state index >= 15 is 0 Å². The summed E-state index contributed by atoms with van der Waals surface area (Å²) >= 11 is 1.37. The third-order valence-electron chi connectivity index (χ3n) is 4.23. The molecule has 0 spiro atoms. The van der Waals surface area contributed by atoms with Crippen LogP contribution in [0.3, 0.4) is 0 Å². The molecule has 6 nitrogen and oxygen atoms in total. The van der Waals surface area contributed by atoms with Crippen LogP contribution in [0.5, 0.6) is 5.75 Å². The van der Waals surface area contributed by atoms with Crippen molar-refractivity contribution in [2.75, 3.05) is 7.11 Å². The molecular weight excluding hydrogens is 429 g/mol. The fourth-order valence-corrected chi connectivity index (χ4v) is 3.61. The average molecular weight is 450 g/mol. The summed E-state index contributed by atoms with van der Waals surface area (Å²) in [4.78, 5) is 12.5. The summed E-state index contributed by atoms with van der Waals surface area (Å²) in [5, 5.41) is 11.6. The van der Waals surface area contributed by atoms with Crippen LogP contribution >= 0.6 is 11.8 Å². The van der Waals surface area contributed by atoms with E-state index in [1.807, 2.05) is 13.8 Å². The van der Waals surface area contributed by atoms with Crippen LogP contribution in [-0.2, 0) is 12.7 Å². The van der Waals surface area contributed by atoms with Crippen molar-refractivity contribution in [1.29, 1.82) is 0 Å². The summed E-state index contributed by atoms with van der Waals surface area (Å²) in [6.45, 7) is 3.88. The van der Waals surface area contributed by atoms with Crippen molar-refractivity contribution in [3.63, 3.8) is 0 Å². The molecule has 3 aromatic rings. The van der Waals surface area contributed by atoms with Gasteiger partial charge in [0.25, 0.3) is 5.91 Å². The number of methoxy groups -OCH3 is 1. The van der Waals surface area contributed by atoms with Gasteiger partial charge in [-0.05, 0) is 42.5 Å². The molecule has 1 N–H and O–H groups in total. The minimum absolute atomic E-state index is 0.00718. The number of aromatic nitrogens is 3. The Morgan fingerprint density at radius 1 is 1.16 bits per heavy atom. The molecular formula is C21H21F3N4O2S. The lowest BCUT2D eigenvalue weighted by Gasteiger charge is -2.14. The number of amides is 1. The van der Waals surface area contributed by atoms with E-state index in [0.717, 1.165) is 12.1 Å². The Morgan fingerprint density at radius 2 is 1.87 bits per heavy atom. The van der Waals surface area contributed by atoms with Crippen LogP contribution in [0.4, 0.5) is 13.2 Å². The summed E-state index contributed by atoms with van der Waals surface area (Å²) in [6.07, 6.45) is -4.47. The molecule has 0 atom stereocenters. The number of hydrogen-bond donors (Lipinski definition) is 1. The van der Waals surface area contributed by atoms with Crippen molar-refractivity contribution >= 4 is 17.7 Å². The van der Waals surface area contributed by atoms with Gasteiger partial charge in [-0.2, -0.15) is 13.2 Å². The molecule has 10 heteroatoms. The molecule has 0 unspecified atom stereocenters. The molecule has 0 aliphatic rings. The standard InChI is InChI=1S/C21H21F3N4O2S/c1-13(2)31-20-27-26-18(12-25-19(29)14-7-9-17(30-3)10-8-14)28(20)16-6-4-5-15(11-16)21(22,23)24/h4-11,13H,12H2,1-3H3,(H,25,29). The molecule has 0 fully saturated rings. The molecule has 0 aliphatic heterocycles. The van der Waals surface area contributed by atoms with E-state index in [1.165, 1.54) is 29.5 Å². The van der Waals surface area contributed by atoms with Gasteiger partial charge in [-0.25, -0.2) is 0 Å². The number of thioether (sulfide) groups is 1. The van der Waals surface area contributed by atoms with Crippen LogP contribution < -0.4 is 10.1 Å². The molecule has 0 saturated heterocycles. The van der Waals surface area contributed by atoms with E-state index in [0.29, 0.717) is 22.3 Å². The Kier molecular flexibility index (Phi) is 6.89. The van der Waals surface area contributed by atoms with Gasteiger partial charge in [0.15, 0.2) is 11.0 Å². The zero-order chi connectivity index (χ0) is 22.6. The van der Waals surface area contributed by atoms with E-state index in [2.05, 4.69) is 15.5 Å². The molecule has 0 bridgehead atoms. The van der Waals surface area contributed by atoms with Gasteiger partial charge in [0, 0.05) is 10.8 Å². The van der Waals surface area contributed by atoms with Crippen LogP contribution in [0.1, 0.15) is 35.6 Å². The quantitative estimate of drug-likeness (QED) is 0.528. The number of nitrogens with zero attached hydrogens (tertiary/aromatic N) is 3. The molecule has 164 valence electrons. The SMILES string of the molecule is COc1ccc(C(=O)NCc2nnc(SC(C)C)n2-c2cccc(C(F)(F)F)c2)cc1. The maximum Gasteiger partial charge on any atom is 0.416 e. The number of rotatable bonds is 7. The highest BCUT2D eigenvalue weighted by molar-refractivity contribution is 7.99. The van der Waals surface area contributed by atoms with E-state index in [9.17, 15) is 18.0 Å². The number of alkyl halides is 3. The lowest BCUT2D eigenvalue weighted by molar-refractivity contribution is -0.137. The maximum absolute atomic E-state index is 13.2. The highest BCUT2D eigenvalue weighted by Gasteiger charge is 2.31. The van der Waals surface area contributed by atoms with Gasteiger partial charge in [0.05, 0.1) is 24.9 Å². The minimum atomic E-state index is -4.47. The molecule has 0 saturated carbocycles. The monoisotopic (exact) mass is 450 g/mol. The molecule has 31 heavy (non-hydrogen) atoms. The Hall–Kier alpha value is -3.01. The van der Waals surface area contributed by atoms with Gasteiger partial charge in [-0.3, -0.25) is 9.36 Å². The molecule has 1 heterocycles. The second-order valence-corrected chi connectivity index (χ2v) is 8.40. The molecule has 0 aliphatic carbocycles. The van der Waals surface area contributed by atoms with Gasteiger partial charge in [0.2, 0.25) is 0 Å². The van der Waals surface area contributed by atoms with Crippen molar-refractivity contribution in [2.24, 2.45) is 0 Å². The third-order valence-corrected chi connectivity index (χ3v) is 5.18. The third kappa shape index (κ3) is 5.57. The predicted octanol–water partition coefficient (Wildman–Crippen LogP) is 4.73. The van der Waals surface area contributed by atoms with E-state index in [1.54, 1.807) is 30.3 Å². The Bertz CT molecular complexity index is 1050. The first-order chi connectivity index (χ1) is 14.7.